The van der Waals surface area contributed by atoms with Crippen LogP contribution in [0, 0.1) is 0 Å². The molecule has 88 valence electrons. The maximum absolute atomic E-state index is 5.86. The number of benzene rings is 1. The zero-order valence-electron chi connectivity index (χ0n) is 9.50. The van der Waals surface area contributed by atoms with Gasteiger partial charge >= 0.3 is 0 Å². The van der Waals surface area contributed by atoms with Crippen LogP contribution in [0.4, 0.5) is 0 Å². The van der Waals surface area contributed by atoms with Crippen molar-refractivity contribution in [3.8, 4) is 11.5 Å². The smallest absolute Gasteiger partial charge is 0.128 e. The predicted octanol–water partition coefficient (Wildman–Crippen LogP) is 3.00. The summed E-state index contributed by atoms with van der Waals surface area (Å²) in [6, 6.07) is 5.53. The van der Waals surface area contributed by atoms with Gasteiger partial charge in [0, 0.05) is 22.2 Å². The summed E-state index contributed by atoms with van der Waals surface area (Å²) in [6.45, 7) is 6.04. The molecule has 0 aliphatic carbocycles. The van der Waals surface area contributed by atoms with Crippen molar-refractivity contribution in [1.82, 2.24) is 0 Å². The third-order valence-corrected chi connectivity index (χ3v) is 2.32. The topological polar surface area (TPSA) is 44.5 Å². The fraction of sp³-hybridized carbons (Fsp3) is 0.333. The third kappa shape index (κ3) is 3.54. The standard InChI is InChI=1S/C12H16BrNO2/c1-8(13)7-16-12-6-10(15-3)4-5-11(12)9(2)14/h4-6,9H,1,7,14H2,2-3H3/t9-/m1/s1. The van der Waals surface area contributed by atoms with Crippen LogP contribution < -0.4 is 15.2 Å². The quantitative estimate of drug-likeness (QED) is 0.905. The molecule has 16 heavy (non-hydrogen) atoms. The van der Waals surface area contributed by atoms with E-state index in [0.717, 1.165) is 21.5 Å². The number of hydrogen-bond donors (Lipinski definition) is 1. The second-order valence-electron chi connectivity index (χ2n) is 3.50. The maximum atomic E-state index is 5.86. The van der Waals surface area contributed by atoms with Gasteiger partial charge in [-0.05, 0) is 13.0 Å². The lowest BCUT2D eigenvalue weighted by molar-refractivity contribution is 0.349. The first kappa shape index (κ1) is 13.1. The van der Waals surface area contributed by atoms with E-state index in [4.69, 9.17) is 15.2 Å². The van der Waals surface area contributed by atoms with E-state index in [-0.39, 0.29) is 6.04 Å². The van der Waals surface area contributed by atoms with Crippen molar-refractivity contribution in [2.45, 2.75) is 13.0 Å². The van der Waals surface area contributed by atoms with Gasteiger partial charge in [-0.25, -0.2) is 0 Å². The van der Waals surface area contributed by atoms with E-state index >= 15 is 0 Å². The molecule has 0 radical (unpaired) electrons. The van der Waals surface area contributed by atoms with Crippen LogP contribution in [-0.4, -0.2) is 13.7 Å². The van der Waals surface area contributed by atoms with Crippen LogP contribution in [0.5, 0.6) is 11.5 Å². The summed E-state index contributed by atoms with van der Waals surface area (Å²) in [4.78, 5) is 0. The lowest BCUT2D eigenvalue weighted by Gasteiger charge is -2.14. The average molecular weight is 286 g/mol. The molecule has 1 atom stereocenters. The van der Waals surface area contributed by atoms with Crippen LogP contribution in [-0.2, 0) is 0 Å². The number of halogens is 1. The van der Waals surface area contributed by atoms with Gasteiger partial charge in [0.1, 0.15) is 18.1 Å². The summed E-state index contributed by atoms with van der Waals surface area (Å²) in [6.07, 6.45) is 0. The van der Waals surface area contributed by atoms with Crippen molar-refractivity contribution in [1.29, 1.82) is 0 Å². The lowest BCUT2D eigenvalue weighted by atomic mass is 10.1. The Morgan fingerprint density at radius 1 is 1.56 bits per heavy atom. The number of hydrogen-bond acceptors (Lipinski definition) is 3. The van der Waals surface area contributed by atoms with Crippen LogP contribution in [0.1, 0.15) is 18.5 Å². The largest absolute Gasteiger partial charge is 0.497 e. The number of ether oxygens (including phenoxy) is 2. The highest BCUT2D eigenvalue weighted by atomic mass is 79.9. The third-order valence-electron chi connectivity index (χ3n) is 2.10. The monoisotopic (exact) mass is 285 g/mol. The molecule has 1 rings (SSSR count). The fourth-order valence-electron chi connectivity index (χ4n) is 1.30. The van der Waals surface area contributed by atoms with Gasteiger partial charge in [-0.2, -0.15) is 0 Å². The number of rotatable bonds is 5. The molecule has 0 saturated carbocycles. The van der Waals surface area contributed by atoms with Crippen LogP contribution in [0.3, 0.4) is 0 Å². The molecular formula is C12H16BrNO2. The predicted molar refractivity (Wildman–Crippen MR) is 69.2 cm³/mol. The molecule has 0 fully saturated rings. The molecule has 0 amide bonds. The Morgan fingerprint density at radius 2 is 2.25 bits per heavy atom. The van der Waals surface area contributed by atoms with Crippen molar-refractivity contribution in [2.24, 2.45) is 5.73 Å². The molecule has 3 nitrogen and oxygen atoms in total. The second kappa shape index (κ2) is 5.92. The van der Waals surface area contributed by atoms with Gasteiger partial charge in [0.2, 0.25) is 0 Å². The molecule has 1 aromatic carbocycles. The summed E-state index contributed by atoms with van der Waals surface area (Å²) in [7, 11) is 1.62. The van der Waals surface area contributed by atoms with Gasteiger partial charge in [-0.1, -0.05) is 28.6 Å². The Balaban J connectivity index is 2.95. The molecule has 0 unspecified atom stereocenters. The Kier molecular flexibility index (Phi) is 4.83. The minimum Gasteiger partial charge on any atom is -0.497 e. The van der Waals surface area contributed by atoms with Gasteiger partial charge in [0.15, 0.2) is 0 Å². The van der Waals surface area contributed by atoms with Gasteiger partial charge in [-0.3, -0.25) is 0 Å². The molecular weight excluding hydrogens is 270 g/mol. The molecule has 1 aromatic rings. The number of methoxy groups -OCH3 is 1. The molecule has 0 aromatic heterocycles. The summed E-state index contributed by atoms with van der Waals surface area (Å²) in [5, 5.41) is 0. The van der Waals surface area contributed by atoms with E-state index in [2.05, 4.69) is 22.5 Å². The summed E-state index contributed by atoms with van der Waals surface area (Å²) < 4.78 is 11.5. The van der Waals surface area contributed by atoms with Gasteiger partial charge < -0.3 is 15.2 Å². The molecule has 0 saturated heterocycles. The van der Waals surface area contributed by atoms with E-state index in [9.17, 15) is 0 Å². The van der Waals surface area contributed by atoms with Crippen molar-refractivity contribution in [2.75, 3.05) is 13.7 Å². The Morgan fingerprint density at radius 3 is 2.75 bits per heavy atom. The zero-order valence-corrected chi connectivity index (χ0v) is 11.1. The van der Waals surface area contributed by atoms with Crippen LogP contribution in [0.25, 0.3) is 0 Å². The van der Waals surface area contributed by atoms with Crippen molar-refractivity contribution in [3.05, 3.63) is 34.8 Å². The highest BCUT2D eigenvalue weighted by Gasteiger charge is 2.09. The van der Waals surface area contributed by atoms with Gasteiger partial charge in [-0.15, -0.1) is 0 Å². The molecule has 2 N–H and O–H groups in total. The van der Waals surface area contributed by atoms with E-state index in [1.54, 1.807) is 7.11 Å². The normalized spacial score (nSPS) is 12.0. The van der Waals surface area contributed by atoms with E-state index in [1.165, 1.54) is 0 Å². The SMILES string of the molecule is C=C(Br)COc1cc(OC)ccc1[C@@H](C)N. The first-order valence-electron chi connectivity index (χ1n) is 4.94. The molecule has 0 spiro atoms. The van der Waals surface area contributed by atoms with Crippen molar-refractivity contribution in [3.63, 3.8) is 0 Å². The van der Waals surface area contributed by atoms with E-state index in [1.807, 2.05) is 25.1 Å². The molecule has 4 heteroatoms. The number of nitrogens with two attached hydrogens (primary N) is 1. The lowest BCUT2D eigenvalue weighted by Crippen LogP contribution is -2.08. The van der Waals surface area contributed by atoms with Crippen molar-refractivity contribution < 1.29 is 9.47 Å². The summed E-state index contributed by atoms with van der Waals surface area (Å²) >= 11 is 3.25. The minimum atomic E-state index is -0.0792. The van der Waals surface area contributed by atoms with Crippen LogP contribution >= 0.6 is 15.9 Å². The molecule has 0 bridgehead atoms. The van der Waals surface area contributed by atoms with Gasteiger partial charge in [0.25, 0.3) is 0 Å². The maximum Gasteiger partial charge on any atom is 0.128 e. The van der Waals surface area contributed by atoms with Crippen LogP contribution in [0.2, 0.25) is 0 Å². The Hall–Kier alpha value is -1.00. The van der Waals surface area contributed by atoms with E-state index in [0.29, 0.717) is 6.61 Å². The molecule has 0 heterocycles. The second-order valence-corrected chi connectivity index (χ2v) is 4.62. The molecule has 0 aliphatic heterocycles. The Labute approximate surface area is 104 Å². The highest BCUT2D eigenvalue weighted by Crippen LogP contribution is 2.29. The zero-order chi connectivity index (χ0) is 12.1. The summed E-state index contributed by atoms with van der Waals surface area (Å²) in [5.74, 6) is 1.48. The van der Waals surface area contributed by atoms with E-state index < -0.39 is 0 Å². The highest BCUT2D eigenvalue weighted by molar-refractivity contribution is 9.11. The fourth-order valence-corrected chi connectivity index (χ4v) is 1.41. The molecule has 0 aliphatic rings. The summed E-state index contributed by atoms with van der Waals surface area (Å²) in [5.41, 5.74) is 6.81. The minimum absolute atomic E-state index is 0.0792. The Bertz CT molecular complexity index is 377. The van der Waals surface area contributed by atoms with Gasteiger partial charge in [0.05, 0.1) is 7.11 Å². The average Bonchev–Trinajstić information content (AvgIpc) is 2.25. The first-order chi connectivity index (χ1) is 7.54. The van der Waals surface area contributed by atoms with Crippen molar-refractivity contribution >= 4 is 15.9 Å². The van der Waals surface area contributed by atoms with Crippen LogP contribution in [0.15, 0.2) is 29.3 Å². The first-order valence-corrected chi connectivity index (χ1v) is 5.73.